The van der Waals surface area contributed by atoms with Gasteiger partial charge in [-0.05, 0) is 38.5 Å². The molecule has 0 saturated heterocycles. The minimum Gasteiger partial charge on any atom is -0.489 e. The van der Waals surface area contributed by atoms with Crippen LogP contribution in [0.5, 0.6) is 5.75 Å². The molecule has 0 aliphatic rings. The SMILES string of the molecule is CC(=O)N(CCNC(=O)Cc1cccc(C)c1)c1ccccc1OC(C)C. The summed E-state index contributed by atoms with van der Waals surface area (Å²) in [5.74, 6) is 0.507. The molecule has 0 fully saturated rings. The Balaban J connectivity index is 1.97. The summed E-state index contributed by atoms with van der Waals surface area (Å²) in [5, 5.41) is 2.89. The summed E-state index contributed by atoms with van der Waals surface area (Å²) in [6.07, 6.45) is 0.336. The maximum absolute atomic E-state index is 12.2. The Morgan fingerprint density at radius 1 is 1.11 bits per heavy atom. The molecule has 5 nitrogen and oxygen atoms in total. The Labute approximate surface area is 161 Å². The number of para-hydroxylation sites is 2. The second kappa shape index (κ2) is 9.76. The maximum atomic E-state index is 12.2. The molecule has 2 aromatic carbocycles. The molecule has 2 rings (SSSR count). The van der Waals surface area contributed by atoms with Crippen LogP contribution in [0, 0.1) is 6.92 Å². The van der Waals surface area contributed by atoms with Crippen LogP contribution in [0.3, 0.4) is 0 Å². The molecular formula is C22H28N2O3. The lowest BCUT2D eigenvalue weighted by molar-refractivity contribution is -0.121. The van der Waals surface area contributed by atoms with Crippen molar-refractivity contribution >= 4 is 17.5 Å². The molecule has 144 valence electrons. The Kier molecular flexibility index (Phi) is 7.41. The molecule has 0 spiro atoms. The average molecular weight is 368 g/mol. The van der Waals surface area contributed by atoms with E-state index in [2.05, 4.69) is 5.32 Å². The smallest absolute Gasteiger partial charge is 0.224 e. The van der Waals surface area contributed by atoms with Gasteiger partial charge in [-0.15, -0.1) is 0 Å². The highest BCUT2D eigenvalue weighted by atomic mass is 16.5. The van der Waals surface area contributed by atoms with E-state index in [1.54, 1.807) is 4.90 Å². The summed E-state index contributed by atoms with van der Waals surface area (Å²) in [7, 11) is 0. The molecule has 0 atom stereocenters. The quantitative estimate of drug-likeness (QED) is 0.776. The highest BCUT2D eigenvalue weighted by Crippen LogP contribution is 2.28. The first-order valence-electron chi connectivity index (χ1n) is 9.23. The Bertz CT molecular complexity index is 787. The van der Waals surface area contributed by atoms with Crippen molar-refractivity contribution in [3.05, 3.63) is 59.7 Å². The van der Waals surface area contributed by atoms with Crippen molar-refractivity contribution in [3.63, 3.8) is 0 Å². The van der Waals surface area contributed by atoms with E-state index in [1.165, 1.54) is 6.92 Å². The zero-order valence-corrected chi connectivity index (χ0v) is 16.5. The fourth-order valence-electron chi connectivity index (χ4n) is 2.86. The maximum Gasteiger partial charge on any atom is 0.224 e. The lowest BCUT2D eigenvalue weighted by Gasteiger charge is -2.24. The number of amides is 2. The third-order valence-electron chi connectivity index (χ3n) is 4.00. The number of rotatable bonds is 8. The molecule has 0 heterocycles. The summed E-state index contributed by atoms with van der Waals surface area (Å²) in [6.45, 7) is 8.16. The number of aryl methyl sites for hydroxylation is 1. The molecule has 0 saturated carbocycles. The van der Waals surface area contributed by atoms with Gasteiger partial charge in [-0.2, -0.15) is 0 Å². The van der Waals surface area contributed by atoms with Gasteiger partial charge >= 0.3 is 0 Å². The summed E-state index contributed by atoms with van der Waals surface area (Å²) in [4.78, 5) is 26.0. The monoisotopic (exact) mass is 368 g/mol. The van der Waals surface area contributed by atoms with E-state index in [0.29, 0.717) is 30.9 Å². The summed E-state index contributed by atoms with van der Waals surface area (Å²) in [6, 6.07) is 15.3. The minimum absolute atomic E-state index is 0.00832. The van der Waals surface area contributed by atoms with Gasteiger partial charge in [0.2, 0.25) is 11.8 Å². The molecule has 1 N–H and O–H groups in total. The molecule has 0 aromatic heterocycles. The first kappa shape index (κ1) is 20.5. The highest BCUT2D eigenvalue weighted by Gasteiger charge is 2.17. The van der Waals surface area contributed by atoms with Crippen LogP contribution in [0.4, 0.5) is 5.69 Å². The van der Waals surface area contributed by atoms with Crippen molar-refractivity contribution in [1.29, 1.82) is 0 Å². The average Bonchev–Trinajstić information content (AvgIpc) is 2.59. The molecule has 5 heteroatoms. The molecule has 0 unspecified atom stereocenters. The van der Waals surface area contributed by atoms with E-state index in [4.69, 9.17) is 4.74 Å². The Hall–Kier alpha value is -2.82. The second-order valence-electron chi connectivity index (χ2n) is 6.82. The zero-order chi connectivity index (χ0) is 19.8. The van der Waals surface area contributed by atoms with Crippen LogP contribution in [0.1, 0.15) is 31.9 Å². The van der Waals surface area contributed by atoms with Crippen LogP contribution in [0.2, 0.25) is 0 Å². The molecule has 0 bridgehead atoms. The fourth-order valence-corrected chi connectivity index (χ4v) is 2.86. The van der Waals surface area contributed by atoms with Gasteiger partial charge in [0.05, 0.1) is 18.2 Å². The number of carbonyl (C=O) groups excluding carboxylic acids is 2. The summed E-state index contributed by atoms with van der Waals surface area (Å²) >= 11 is 0. The fraction of sp³-hybridized carbons (Fsp3) is 0.364. The lowest BCUT2D eigenvalue weighted by Crippen LogP contribution is -2.38. The Morgan fingerprint density at radius 3 is 2.52 bits per heavy atom. The van der Waals surface area contributed by atoms with E-state index in [9.17, 15) is 9.59 Å². The number of hydrogen-bond donors (Lipinski definition) is 1. The van der Waals surface area contributed by atoms with E-state index in [-0.39, 0.29) is 17.9 Å². The van der Waals surface area contributed by atoms with Crippen LogP contribution >= 0.6 is 0 Å². The van der Waals surface area contributed by atoms with E-state index < -0.39 is 0 Å². The van der Waals surface area contributed by atoms with Crippen molar-refractivity contribution in [3.8, 4) is 5.75 Å². The zero-order valence-electron chi connectivity index (χ0n) is 16.5. The standard InChI is InChI=1S/C22H28N2O3/c1-16(2)27-21-11-6-5-10-20(21)24(18(4)25)13-12-23-22(26)15-19-9-7-8-17(3)14-19/h5-11,14,16H,12-13,15H2,1-4H3,(H,23,26). The van der Waals surface area contributed by atoms with Crippen molar-refractivity contribution in [2.75, 3.05) is 18.0 Å². The van der Waals surface area contributed by atoms with Crippen molar-refractivity contribution in [2.24, 2.45) is 0 Å². The van der Waals surface area contributed by atoms with Crippen LogP contribution in [-0.2, 0) is 16.0 Å². The van der Waals surface area contributed by atoms with Crippen LogP contribution in [0.25, 0.3) is 0 Å². The van der Waals surface area contributed by atoms with Crippen LogP contribution in [-0.4, -0.2) is 31.0 Å². The first-order chi connectivity index (χ1) is 12.9. The van der Waals surface area contributed by atoms with Crippen molar-refractivity contribution in [1.82, 2.24) is 5.32 Å². The molecule has 2 aromatic rings. The predicted octanol–water partition coefficient (Wildman–Crippen LogP) is 3.49. The predicted molar refractivity (Wildman–Crippen MR) is 108 cm³/mol. The third-order valence-corrected chi connectivity index (χ3v) is 4.00. The van der Waals surface area contributed by atoms with Gasteiger partial charge in [0.25, 0.3) is 0 Å². The molecule has 0 aliphatic heterocycles. The van der Waals surface area contributed by atoms with E-state index in [0.717, 1.165) is 11.1 Å². The Morgan fingerprint density at radius 2 is 1.85 bits per heavy atom. The molecule has 0 aliphatic carbocycles. The van der Waals surface area contributed by atoms with Gasteiger partial charge in [-0.3, -0.25) is 9.59 Å². The first-order valence-corrected chi connectivity index (χ1v) is 9.23. The molecule has 0 radical (unpaired) electrons. The van der Waals surface area contributed by atoms with Gasteiger partial charge in [-0.25, -0.2) is 0 Å². The topological polar surface area (TPSA) is 58.6 Å². The van der Waals surface area contributed by atoms with E-state index >= 15 is 0 Å². The third kappa shape index (κ3) is 6.44. The van der Waals surface area contributed by atoms with Crippen LogP contribution < -0.4 is 15.0 Å². The van der Waals surface area contributed by atoms with Gasteiger partial charge in [0, 0.05) is 20.0 Å². The largest absolute Gasteiger partial charge is 0.489 e. The van der Waals surface area contributed by atoms with Crippen molar-refractivity contribution in [2.45, 2.75) is 40.2 Å². The van der Waals surface area contributed by atoms with Gasteiger partial charge in [0.15, 0.2) is 0 Å². The van der Waals surface area contributed by atoms with Crippen molar-refractivity contribution < 1.29 is 14.3 Å². The number of nitrogens with one attached hydrogen (secondary N) is 1. The van der Waals surface area contributed by atoms with Gasteiger partial charge in [0.1, 0.15) is 5.75 Å². The summed E-state index contributed by atoms with van der Waals surface area (Å²) < 4.78 is 5.81. The number of nitrogens with zero attached hydrogens (tertiary/aromatic N) is 1. The normalized spacial score (nSPS) is 10.6. The number of anilines is 1. The number of ether oxygens (including phenoxy) is 1. The number of hydrogen-bond acceptors (Lipinski definition) is 3. The number of benzene rings is 2. The summed E-state index contributed by atoms with van der Waals surface area (Å²) in [5.41, 5.74) is 2.82. The van der Waals surface area contributed by atoms with Gasteiger partial charge < -0.3 is 15.0 Å². The molecule has 27 heavy (non-hydrogen) atoms. The minimum atomic E-state index is -0.0947. The highest BCUT2D eigenvalue weighted by molar-refractivity contribution is 5.93. The van der Waals surface area contributed by atoms with Gasteiger partial charge in [-0.1, -0.05) is 42.0 Å². The number of carbonyl (C=O) groups is 2. The molecular weight excluding hydrogens is 340 g/mol. The van der Waals surface area contributed by atoms with Crippen LogP contribution in [0.15, 0.2) is 48.5 Å². The molecule has 2 amide bonds. The lowest BCUT2D eigenvalue weighted by atomic mass is 10.1. The second-order valence-corrected chi connectivity index (χ2v) is 6.82. The van der Waals surface area contributed by atoms with E-state index in [1.807, 2.05) is 69.3 Å².